The van der Waals surface area contributed by atoms with Crippen molar-refractivity contribution in [3.05, 3.63) is 60.7 Å². The molecule has 0 aliphatic heterocycles. The molecule has 94 valence electrons. The molecule has 0 heterocycles. The minimum Gasteiger partial charge on any atom is -0.289 e. The lowest BCUT2D eigenvalue weighted by molar-refractivity contribution is -0.857. The van der Waals surface area contributed by atoms with E-state index in [1.54, 1.807) is 0 Å². The van der Waals surface area contributed by atoms with Crippen molar-refractivity contribution in [2.45, 2.75) is 9.79 Å². The zero-order valence-electron chi connectivity index (χ0n) is 11.3. The van der Waals surface area contributed by atoms with Crippen LogP contribution >= 0.6 is 0 Å². The van der Waals surface area contributed by atoms with Crippen molar-refractivity contribution < 1.29 is 4.48 Å². The Bertz CT molecular complexity index is 434. The average Bonchev–Trinajstić information content (AvgIpc) is 2.37. The molecule has 2 rings (SSSR count). The Morgan fingerprint density at radius 1 is 0.722 bits per heavy atom. The SMILES string of the molecule is C[N+](C)(C)C[S+](c1ccccc1)c1ccccc1. The molecule has 2 heteroatoms. The third-order valence-electron chi connectivity index (χ3n) is 2.57. The van der Waals surface area contributed by atoms with Crippen molar-refractivity contribution in [2.24, 2.45) is 0 Å². The Morgan fingerprint density at radius 2 is 1.11 bits per heavy atom. The zero-order chi connectivity index (χ0) is 13.0. The highest BCUT2D eigenvalue weighted by atomic mass is 32.2. The molecule has 0 aliphatic rings. The van der Waals surface area contributed by atoms with E-state index in [0.29, 0.717) is 0 Å². The number of rotatable bonds is 4. The Morgan fingerprint density at radius 3 is 1.44 bits per heavy atom. The molecule has 0 fully saturated rings. The standard InChI is InChI=1S/C16H21NS/c1-17(2,3)14-18(15-10-6-4-7-11-15)16-12-8-5-9-13-16/h4-13H,14H2,1-3H3/q+2. The monoisotopic (exact) mass is 259 g/mol. The molecule has 0 atom stereocenters. The lowest BCUT2D eigenvalue weighted by Crippen LogP contribution is -2.39. The Labute approximate surface area is 113 Å². The van der Waals surface area contributed by atoms with Crippen LogP contribution in [0.5, 0.6) is 0 Å². The van der Waals surface area contributed by atoms with Crippen molar-refractivity contribution in [1.82, 2.24) is 0 Å². The highest BCUT2D eigenvalue weighted by Gasteiger charge is 2.31. The first-order valence-corrected chi connectivity index (χ1v) is 7.57. The second-order valence-electron chi connectivity index (χ2n) is 5.44. The summed E-state index contributed by atoms with van der Waals surface area (Å²) in [7, 11) is 6.92. The molecule has 0 spiro atoms. The Hall–Kier alpha value is -1.25. The smallest absolute Gasteiger partial charge is 0.242 e. The quantitative estimate of drug-likeness (QED) is 0.583. The molecule has 0 aromatic heterocycles. The van der Waals surface area contributed by atoms with Gasteiger partial charge in [0.25, 0.3) is 0 Å². The van der Waals surface area contributed by atoms with Crippen molar-refractivity contribution in [1.29, 1.82) is 0 Å². The van der Waals surface area contributed by atoms with Gasteiger partial charge in [0.05, 0.1) is 21.1 Å². The summed E-state index contributed by atoms with van der Waals surface area (Å²) in [5.74, 6) is 1.13. The van der Waals surface area contributed by atoms with Crippen LogP contribution in [0.3, 0.4) is 0 Å². The maximum Gasteiger partial charge on any atom is 0.242 e. The largest absolute Gasteiger partial charge is 0.289 e. The molecule has 0 aliphatic carbocycles. The van der Waals surface area contributed by atoms with Crippen LogP contribution in [0.1, 0.15) is 0 Å². The van der Waals surface area contributed by atoms with Crippen molar-refractivity contribution in [3.63, 3.8) is 0 Å². The second-order valence-corrected chi connectivity index (χ2v) is 7.42. The summed E-state index contributed by atoms with van der Waals surface area (Å²) in [5, 5.41) is 0. The van der Waals surface area contributed by atoms with E-state index < -0.39 is 0 Å². The van der Waals surface area contributed by atoms with E-state index in [9.17, 15) is 0 Å². The van der Waals surface area contributed by atoms with Gasteiger partial charge in [-0.1, -0.05) is 36.4 Å². The normalized spacial score (nSPS) is 11.8. The van der Waals surface area contributed by atoms with Crippen molar-refractivity contribution >= 4 is 10.9 Å². The lowest BCUT2D eigenvalue weighted by atomic mass is 10.4. The molecule has 1 nitrogen and oxygen atoms in total. The van der Waals surface area contributed by atoms with Gasteiger partial charge in [0.1, 0.15) is 10.9 Å². The van der Waals surface area contributed by atoms with Gasteiger partial charge in [0.15, 0.2) is 9.79 Å². The van der Waals surface area contributed by atoms with Gasteiger partial charge in [-0.15, -0.1) is 0 Å². The first kappa shape index (κ1) is 13.2. The third-order valence-corrected chi connectivity index (χ3v) is 5.29. The molecular weight excluding hydrogens is 238 g/mol. The molecule has 0 saturated carbocycles. The molecular formula is C16H21NS+2. The number of hydrogen-bond donors (Lipinski definition) is 0. The number of benzene rings is 2. The summed E-state index contributed by atoms with van der Waals surface area (Å²) < 4.78 is 0.979. The number of quaternary nitrogens is 1. The van der Waals surface area contributed by atoms with E-state index in [4.69, 9.17) is 0 Å². The first-order valence-electron chi connectivity index (χ1n) is 6.18. The molecule has 0 amide bonds. The third kappa shape index (κ3) is 3.62. The molecule has 18 heavy (non-hydrogen) atoms. The van der Waals surface area contributed by atoms with Crippen LogP contribution in [0.4, 0.5) is 0 Å². The van der Waals surface area contributed by atoms with Crippen LogP contribution in [0.15, 0.2) is 70.5 Å². The molecule has 0 bridgehead atoms. The van der Waals surface area contributed by atoms with Crippen LogP contribution in [0.2, 0.25) is 0 Å². The van der Waals surface area contributed by atoms with Gasteiger partial charge >= 0.3 is 0 Å². The van der Waals surface area contributed by atoms with E-state index >= 15 is 0 Å². The predicted molar refractivity (Wildman–Crippen MR) is 79.7 cm³/mol. The molecule has 0 unspecified atom stereocenters. The molecule has 2 aromatic rings. The van der Waals surface area contributed by atoms with Gasteiger partial charge in [0.2, 0.25) is 5.88 Å². The van der Waals surface area contributed by atoms with Crippen LogP contribution < -0.4 is 0 Å². The van der Waals surface area contributed by atoms with Gasteiger partial charge in [0, 0.05) is 0 Å². The molecule has 0 N–H and O–H groups in total. The highest BCUT2D eigenvalue weighted by Crippen LogP contribution is 2.24. The van der Waals surface area contributed by atoms with Crippen LogP contribution in [-0.4, -0.2) is 31.5 Å². The van der Waals surface area contributed by atoms with E-state index in [2.05, 4.69) is 81.8 Å². The van der Waals surface area contributed by atoms with Gasteiger partial charge in [-0.3, -0.25) is 4.48 Å². The Balaban J connectivity index is 2.36. The summed E-state index contributed by atoms with van der Waals surface area (Å²) in [6.07, 6.45) is 0. The van der Waals surface area contributed by atoms with Gasteiger partial charge in [-0.05, 0) is 24.3 Å². The first-order chi connectivity index (χ1) is 8.56. The topological polar surface area (TPSA) is 0 Å². The number of nitrogens with zero attached hydrogens (tertiary/aromatic N) is 1. The summed E-state index contributed by atoms with van der Waals surface area (Å²) in [6, 6.07) is 21.7. The van der Waals surface area contributed by atoms with E-state index in [-0.39, 0.29) is 10.9 Å². The van der Waals surface area contributed by atoms with Gasteiger partial charge in [-0.2, -0.15) is 0 Å². The fourth-order valence-corrected chi connectivity index (χ4v) is 4.16. The second kappa shape index (κ2) is 5.59. The maximum absolute atomic E-state index is 2.26. The minimum atomic E-state index is 0.152. The molecule has 2 aromatic carbocycles. The summed E-state index contributed by atoms with van der Waals surface area (Å²) in [6.45, 7) is 0. The van der Waals surface area contributed by atoms with E-state index in [1.807, 2.05) is 0 Å². The predicted octanol–water partition coefficient (Wildman–Crippen LogP) is 3.39. The van der Waals surface area contributed by atoms with Crippen LogP contribution in [0.25, 0.3) is 0 Å². The van der Waals surface area contributed by atoms with E-state index in [1.165, 1.54) is 9.79 Å². The number of hydrogen-bond acceptors (Lipinski definition) is 0. The fourth-order valence-electron chi connectivity index (χ4n) is 1.84. The average molecular weight is 259 g/mol. The Kier molecular flexibility index (Phi) is 4.10. The summed E-state index contributed by atoms with van der Waals surface area (Å²) in [4.78, 5) is 2.86. The van der Waals surface area contributed by atoms with Gasteiger partial charge in [-0.25, -0.2) is 0 Å². The van der Waals surface area contributed by atoms with E-state index in [0.717, 1.165) is 10.4 Å². The van der Waals surface area contributed by atoms with Gasteiger partial charge < -0.3 is 0 Å². The highest BCUT2D eigenvalue weighted by molar-refractivity contribution is 7.96. The fraction of sp³-hybridized carbons (Fsp3) is 0.250. The minimum absolute atomic E-state index is 0.152. The molecule has 0 radical (unpaired) electrons. The summed E-state index contributed by atoms with van der Waals surface area (Å²) >= 11 is 0. The summed E-state index contributed by atoms with van der Waals surface area (Å²) in [5.41, 5.74) is 0. The van der Waals surface area contributed by atoms with Crippen LogP contribution in [0, 0.1) is 0 Å². The van der Waals surface area contributed by atoms with Crippen LogP contribution in [-0.2, 0) is 10.9 Å². The van der Waals surface area contributed by atoms with Crippen molar-refractivity contribution in [3.8, 4) is 0 Å². The zero-order valence-corrected chi connectivity index (χ0v) is 12.2. The lowest BCUT2D eigenvalue weighted by Gasteiger charge is -2.22. The molecule has 0 saturated heterocycles. The maximum atomic E-state index is 2.26. The van der Waals surface area contributed by atoms with Crippen molar-refractivity contribution in [2.75, 3.05) is 27.0 Å².